The van der Waals surface area contributed by atoms with E-state index in [0.717, 1.165) is 12.8 Å². The van der Waals surface area contributed by atoms with Crippen molar-refractivity contribution in [2.75, 3.05) is 6.61 Å². The summed E-state index contributed by atoms with van der Waals surface area (Å²) in [6, 6.07) is 7.56. The molecule has 2 aromatic rings. The zero-order valence-electron chi connectivity index (χ0n) is 11.2. The number of benzene rings is 1. The van der Waals surface area contributed by atoms with Crippen LogP contribution in [-0.2, 0) is 14.3 Å². The van der Waals surface area contributed by atoms with E-state index in [2.05, 4.69) is 10.3 Å². The van der Waals surface area contributed by atoms with E-state index >= 15 is 0 Å². The van der Waals surface area contributed by atoms with Gasteiger partial charge in [0, 0.05) is 18.2 Å². The normalized spacial score (nSPS) is 14.5. The quantitative estimate of drug-likeness (QED) is 0.668. The summed E-state index contributed by atoms with van der Waals surface area (Å²) in [6.07, 6.45) is 4.60. The van der Waals surface area contributed by atoms with Crippen molar-refractivity contribution in [3.8, 4) is 0 Å². The number of carbonyl (C=O) groups excluding carboxylic acids is 2. The van der Waals surface area contributed by atoms with Crippen LogP contribution >= 0.6 is 0 Å². The molecule has 1 N–H and O–H groups in total. The Balaban J connectivity index is 1.52. The predicted octanol–water partition coefficient (Wildman–Crippen LogP) is 1.66. The van der Waals surface area contributed by atoms with E-state index in [1.165, 1.54) is 12.2 Å². The molecule has 21 heavy (non-hydrogen) atoms. The number of oxazole rings is 1. The first-order valence-corrected chi connectivity index (χ1v) is 6.70. The molecule has 1 aliphatic rings. The van der Waals surface area contributed by atoms with E-state index in [4.69, 9.17) is 9.15 Å². The number of para-hydroxylation sites is 2. The first kappa shape index (κ1) is 13.4. The van der Waals surface area contributed by atoms with Crippen molar-refractivity contribution in [3.05, 3.63) is 36.2 Å². The second-order valence-corrected chi connectivity index (χ2v) is 4.80. The zero-order chi connectivity index (χ0) is 14.7. The standard InChI is InChI=1S/C15H14N2O4/c18-13(16-10-5-6-10)9-20-15(19)8-7-14-17-11-3-1-2-4-12(11)21-14/h1-4,7-8,10H,5-6,9H2,(H,16,18)/b8-7+. The Labute approximate surface area is 120 Å². The number of esters is 1. The third-order valence-corrected chi connectivity index (χ3v) is 2.96. The first-order chi connectivity index (χ1) is 10.2. The van der Waals surface area contributed by atoms with Crippen LogP contribution in [0.15, 0.2) is 34.8 Å². The summed E-state index contributed by atoms with van der Waals surface area (Å²) in [6.45, 7) is -0.271. The van der Waals surface area contributed by atoms with E-state index in [0.29, 0.717) is 17.0 Å². The number of nitrogens with zero attached hydrogens (tertiary/aromatic N) is 1. The second-order valence-electron chi connectivity index (χ2n) is 4.80. The van der Waals surface area contributed by atoms with Crippen molar-refractivity contribution in [2.24, 2.45) is 0 Å². The van der Waals surface area contributed by atoms with Gasteiger partial charge < -0.3 is 14.5 Å². The highest BCUT2D eigenvalue weighted by Gasteiger charge is 2.23. The van der Waals surface area contributed by atoms with Gasteiger partial charge in [-0.1, -0.05) is 12.1 Å². The van der Waals surface area contributed by atoms with Gasteiger partial charge in [-0.3, -0.25) is 4.79 Å². The van der Waals surface area contributed by atoms with E-state index in [1.54, 1.807) is 6.07 Å². The number of carbonyl (C=O) groups is 2. The zero-order valence-corrected chi connectivity index (χ0v) is 11.2. The molecule has 0 saturated heterocycles. The van der Waals surface area contributed by atoms with Crippen molar-refractivity contribution in [2.45, 2.75) is 18.9 Å². The van der Waals surface area contributed by atoms with Crippen LogP contribution in [0.5, 0.6) is 0 Å². The van der Waals surface area contributed by atoms with Gasteiger partial charge in [0.15, 0.2) is 12.2 Å². The fraction of sp³-hybridized carbons (Fsp3) is 0.267. The predicted molar refractivity (Wildman–Crippen MR) is 75.2 cm³/mol. The smallest absolute Gasteiger partial charge is 0.331 e. The molecule has 1 aliphatic carbocycles. The van der Waals surface area contributed by atoms with Crippen LogP contribution in [-0.4, -0.2) is 29.5 Å². The van der Waals surface area contributed by atoms with Gasteiger partial charge in [0.1, 0.15) is 5.52 Å². The van der Waals surface area contributed by atoms with Crippen molar-refractivity contribution < 1.29 is 18.7 Å². The summed E-state index contributed by atoms with van der Waals surface area (Å²) in [5, 5.41) is 2.73. The Morgan fingerprint density at radius 1 is 1.38 bits per heavy atom. The summed E-state index contributed by atoms with van der Waals surface area (Å²) in [4.78, 5) is 27.0. The molecule has 1 saturated carbocycles. The van der Waals surface area contributed by atoms with Gasteiger partial charge in [0.2, 0.25) is 5.89 Å². The average Bonchev–Trinajstić information content (AvgIpc) is 3.18. The summed E-state index contributed by atoms with van der Waals surface area (Å²) in [5.74, 6) is -0.570. The molecule has 1 heterocycles. The summed E-state index contributed by atoms with van der Waals surface area (Å²) >= 11 is 0. The molecule has 0 bridgehead atoms. The molecule has 6 heteroatoms. The average molecular weight is 286 g/mol. The van der Waals surface area contributed by atoms with Crippen molar-refractivity contribution in [3.63, 3.8) is 0 Å². The molecule has 0 spiro atoms. The third-order valence-electron chi connectivity index (χ3n) is 2.96. The molecule has 1 fully saturated rings. The number of nitrogens with one attached hydrogen (secondary N) is 1. The van der Waals surface area contributed by atoms with Crippen LogP contribution in [0.2, 0.25) is 0 Å². The van der Waals surface area contributed by atoms with Crippen molar-refractivity contribution in [1.29, 1.82) is 0 Å². The van der Waals surface area contributed by atoms with Crippen LogP contribution in [0.25, 0.3) is 17.2 Å². The molecular weight excluding hydrogens is 272 g/mol. The minimum Gasteiger partial charge on any atom is -0.452 e. The Bertz CT molecular complexity index is 668. The topological polar surface area (TPSA) is 81.4 Å². The Morgan fingerprint density at radius 3 is 2.95 bits per heavy atom. The van der Waals surface area contributed by atoms with Gasteiger partial charge in [-0.2, -0.15) is 0 Å². The van der Waals surface area contributed by atoms with Gasteiger partial charge in [0.25, 0.3) is 5.91 Å². The van der Waals surface area contributed by atoms with E-state index in [-0.39, 0.29) is 18.6 Å². The lowest BCUT2D eigenvalue weighted by atomic mass is 10.3. The summed E-state index contributed by atoms with van der Waals surface area (Å²) in [5.41, 5.74) is 1.36. The maximum absolute atomic E-state index is 11.5. The second kappa shape index (κ2) is 5.78. The van der Waals surface area contributed by atoms with Gasteiger partial charge in [-0.15, -0.1) is 0 Å². The Hall–Kier alpha value is -2.63. The maximum Gasteiger partial charge on any atom is 0.331 e. The first-order valence-electron chi connectivity index (χ1n) is 6.70. The minimum atomic E-state index is -0.608. The van der Waals surface area contributed by atoms with E-state index < -0.39 is 5.97 Å². The lowest BCUT2D eigenvalue weighted by Crippen LogP contribution is -2.30. The molecule has 1 aromatic carbocycles. The summed E-state index contributed by atoms with van der Waals surface area (Å²) in [7, 11) is 0. The van der Waals surface area contributed by atoms with Gasteiger partial charge in [-0.05, 0) is 25.0 Å². The highest BCUT2D eigenvalue weighted by atomic mass is 16.5. The van der Waals surface area contributed by atoms with Crippen LogP contribution in [0.3, 0.4) is 0 Å². The fourth-order valence-corrected chi connectivity index (χ4v) is 1.78. The van der Waals surface area contributed by atoms with Gasteiger partial charge in [-0.25, -0.2) is 9.78 Å². The van der Waals surface area contributed by atoms with Crippen LogP contribution < -0.4 is 5.32 Å². The largest absolute Gasteiger partial charge is 0.452 e. The number of ether oxygens (including phenoxy) is 1. The molecule has 3 rings (SSSR count). The third kappa shape index (κ3) is 3.68. The number of aromatic nitrogens is 1. The molecule has 0 unspecified atom stereocenters. The number of hydrogen-bond donors (Lipinski definition) is 1. The highest BCUT2D eigenvalue weighted by Crippen LogP contribution is 2.18. The number of amides is 1. The molecule has 108 valence electrons. The van der Waals surface area contributed by atoms with Crippen LogP contribution in [0, 0.1) is 0 Å². The monoisotopic (exact) mass is 286 g/mol. The van der Waals surface area contributed by atoms with E-state index in [9.17, 15) is 9.59 Å². The highest BCUT2D eigenvalue weighted by molar-refractivity contribution is 5.89. The number of hydrogen-bond acceptors (Lipinski definition) is 5. The number of rotatable bonds is 5. The molecule has 0 atom stereocenters. The molecule has 0 aliphatic heterocycles. The van der Waals surface area contributed by atoms with E-state index in [1.807, 2.05) is 18.2 Å². The lowest BCUT2D eigenvalue weighted by molar-refractivity contribution is -0.143. The Morgan fingerprint density at radius 2 is 2.19 bits per heavy atom. The maximum atomic E-state index is 11.5. The van der Waals surface area contributed by atoms with Crippen LogP contribution in [0.1, 0.15) is 18.7 Å². The summed E-state index contributed by atoms with van der Waals surface area (Å²) < 4.78 is 10.2. The lowest BCUT2D eigenvalue weighted by Gasteiger charge is -2.02. The molecule has 0 radical (unpaired) electrons. The number of fused-ring (bicyclic) bond motifs is 1. The fourth-order valence-electron chi connectivity index (χ4n) is 1.78. The van der Waals surface area contributed by atoms with Crippen molar-refractivity contribution in [1.82, 2.24) is 10.3 Å². The van der Waals surface area contributed by atoms with Gasteiger partial charge in [0.05, 0.1) is 0 Å². The Kier molecular flexibility index (Phi) is 3.68. The van der Waals surface area contributed by atoms with Gasteiger partial charge >= 0.3 is 5.97 Å². The molecule has 1 aromatic heterocycles. The molecule has 6 nitrogen and oxygen atoms in total. The van der Waals surface area contributed by atoms with Crippen LogP contribution in [0.4, 0.5) is 0 Å². The minimum absolute atomic E-state index is 0.256. The molecule has 1 amide bonds. The van der Waals surface area contributed by atoms with Crippen molar-refractivity contribution >= 4 is 29.1 Å². The molecular formula is C15H14N2O4. The SMILES string of the molecule is O=C(COC(=O)/C=C/c1nc2ccccc2o1)NC1CC1.